The molecule has 0 unspecified atom stereocenters. The van der Waals surface area contributed by atoms with Gasteiger partial charge in [-0.25, -0.2) is 4.39 Å². The van der Waals surface area contributed by atoms with Crippen LogP contribution in [0.25, 0.3) is 0 Å². The fourth-order valence-corrected chi connectivity index (χ4v) is 3.66. The Morgan fingerprint density at radius 1 is 1.33 bits per heavy atom. The van der Waals surface area contributed by atoms with Gasteiger partial charge in [-0.3, -0.25) is 24.2 Å². The minimum absolute atomic E-state index is 0.0567. The number of fused-ring (bicyclic) bond motifs is 1. The Bertz CT molecular complexity index is 629. The van der Waals surface area contributed by atoms with E-state index in [2.05, 4.69) is 0 Å². The average molecular weight is 310 g/mol. The van der Waals surface area contributed by atoms with Gasteiger partial charge in [-0.1, -0.05) is 6.92 Å². The summed E-state index contributed by atoms with van der Waals surface area (Å²) in [6.07, 6.45) is 0.248. The molecule has 2 aliphatic rings. The second-order valence-electron chi connectivity index (χ2n) is 5.31. The molecular formula is C14H15FN2O3S. The van der Waals surface area contributed by atoms with E-state index in [4.69, 9.17) is 0 Å². The summed E-state index contributed by atoms with van der Waals surface area (Å²) < 4.78 is 15.3. The molecule has 1 saturated heterocycles. The first-order valence-electron chi connectivity index (χ1n) is 6.89. The van der Waals surface area contributed by atoms with Crippen molar-refractivity contribution in [3.05, 3.63) is 21.9 Å². The van der Waals surface area contributed by atoms with Gasteiger partial charge in [-0.15, -0.1) is 0 Å². The normalized spacial score (nSPS) is 25.7. The minimum atomic E-state index is -2.41. The number of carbonyl (C=O) groups is 3. The Morgan fingerprint density at radius 3 is 2.76 bits per heavy atom. The van der Waals surface area contributed by atoms with Gasteiger partial charge in [0, 0.05) is 24.8 Å². The molecule has 0 aliphatic carbocycles. The number of hydrogen-bond acceptors (Lipinski definition) is 4. The highest BCUT2D eigenvalue weighted by molar-refractivity contribution is 7.08. The molecule has 112 valence electrons. The van der Waals surface area contributed by atoms with Crippen molar-refractivity contribution >= 4 is 29.1 Å². The Hall–Kier alpha value is -1.76. The molecule has 21 heavy (non-hydrogen) atoms. The van der Waals surface area contributed by atoms with E-state index in [1.807, 2.05) is 6.92 Å². The lowest BCUT2D eigenvalue weighted by molar-refractivity contribution is -0.170. The van der Waals surface area contributed by atoms with E-state index in [1.54, 1.807) is 10.8 Å². The maximum absolute atomic E-state index is 15.3. The number of rotatable bonds is 3. The van der Waals surface area contributed by atoms with E-state index >= 15 is 4.39 Å². The summed E-state index contributed by atoms with van der Waals surface area (Å²) in [6, 6.07) is 0. The van der Waals surface area contributed by atoms with Crippen LogP contribution in [0.4, 0.5) is 4.39 Å². The average Bonchev–Trinajstić information content (AvgIpc) is 3.03. The second kappa shape index (κ2) is 4.91. The Labute approximate surface area is 125 Å². The van der Waals surface area contributed by atoms with Crippen molar-refractivity contribution in [2.45, 2.75) is 38.5 Å². The fraction of sp³-hybridized carbons (Fsp3) is 0.500. The quantitative estimate of drug-likeness (QED) is 0.633. The Kier molecular flexibility index (Phi) is 3.32. The lowest BCUT2D eigenvalue weighted by Crippen LogP contribution is -2.61. The number of amides is 3. The van der Waals surface area contributed by atoms with Crippen LogP contribution in [-0.2, 0) is 16.1 Å². The zero-order valence-corrected chi connectivity index (χ0v) is 12.4. The van der Waals surface area contributed by atoms with Crippen molar-refractivity contribution in [1.82, 2.24) is 9.80 Å². The monoisotopic (exact) mass is 310 g/mol. The first-order valence-corrected chi connectivity index (χ1v) is 7.84. The second-order valence-corrected chi connectivity index (χ2v) is 6.06. The van der Waals surface area contributed by atoms with Crippen LogP contribution in [0.1, 0.15) is 42.1 Å². The molecule has 0 spiro atoms. The molecule has 0 N–H and O–H groups in total. The molecule has 1 atom stereocenters. The molecular weight excluding hydrogens is 295 g/mol. The highest BCUT2D eigenvalue weighted by atomic mass is 32.1. The molecule has 0 radical (unpaired) electrons. The van der Waals surface area contributed by atoms with Gasteiger partial charge in [0.05, 0.1) is 12.1 Å². The predicted octanol–water partition coefficient (Wildman–Crippen LogP) is 1.93. The van der Waals surface area contributed by atoms with Crippen LogP contribution in [0.15, 0.2) is 10.8 Å². The summed E-state index contributed by atoms with van der Waals surface area (Å²) in [5, 5.41) is 3.46. The summed E-state index contributed by atoms with van der Waals surface area (Å²) in [5.74, 6) is -4.14. The summed E-state index contributed by atoms with van der Waals surface area (Å²) in [5.41, 5.74) is 1.21. The standard InChI is InChI=1S/C14H15FN2O3S/c1-2-5-16-11(18)3-4-14(15,13(16)20)17-6-9-7-21-8-10(9)12(17)19/h7-8H,2-6H2,1H3/t14-/m1/s1. The minimum Gasteiger partial charge on any atom is -0.294 e. The van der Waals surface area contributed by atoms with E-state index in [0.717, 1.165) is 15.4 Å². The molecule has 7 heteroatoms. The van der Waals surface area contributed by atoms with Crippen molar-refractivity contribution in [2.75, 3.05) is 6.54 Å². The van der Waals surface area contributed by atoms with Gasteiger partial charge in [0.1, 0.15) is 0 Å². The number of halogens is 1. The number of piperidine rings is 1. The predicted molar refractivity (Wildman–Crippen MR) is 74.3 cm³/mol. The van der Waals surface area contributed by atoms with Gasteiger partial charge < -0.3 is 0 Å². The maximum Gasteiger partial charge on any atom is 0.288 e. The number of carbonyl (C=O) groups excluding carboxylic acids is 3. The van der Waals surface area contributed by atoms with Gasteiger partial charge in [0.2, 0.25) is 5.91 Å². The van der Waals surface area contributed by atoms with Crippen LogP contribution in [0.3, 0.4) is 0 Å². The number of imide groups is 1. The van der Waals surface area contributed by atoms with Crippen LogP contribution < -0.4 is 0 Å². The lowest BCUT2D eigenvalue weighted by Gasteiger charge is -2.40. The summed E-state index contributed by atoms with van der Waals surface area (Å²) >= 11 is 1.38. The molecule has 0 aromatic carbocycles. The van der Waals surface area contributed by atoms with Crippen molar-refractivity contribution in [1.29, 1.82) is 0 Å². The Morgan fingerprint density at radius 2 is 2.10 bits per heavy atom. The number of hydrogen-bond donors (Lipinski definition) is 0. The molecule has 0 bridgehead atoms. The van der Waals surface area contributed by atoms with E-state index in [0.29, 0.717) is 12.0 Å². The van der Waals surface area contributed by atoms with Crippen molar-refractivity contribution < 1.29 is 18.8 Å². The molecule has 5 nitrogen and oxygen atoms in total. The van der Waals surface area contributed by atoms with Gasteiger partial charge in [-0.05, 0) is 17.4 Å². The van der Waals surface area contributed by atoms with Crippen LogP contribution >= 0.6 is 11.3 Å². The third-order valence-electron chi connectivity index (χ3n) is 3.97. The molecule has 3 amide bonds. The van der Waals surface area contributed by atoms with Crippen LogP contribution in [-0.4, -0.2) is 39.9 Å². The zero-order chi connectivity index (χ0) is 15.2. The largest absolute Gasteiger partial charge is 0.294 e. The van der Waals surface area contributed by atoms with Gasteiger partial charge in [-0.2, -0.15) is 11.3 Å². The summed E-state index contributed by atoms with van der Waals surface area (Å²) in [6.45, 7) is 2.09. The molecule has 0 saturated carbocycles. The van der Waals surface area contributed by atoms with E-state index in [9.17, 15) is 14.4 Å². The first kappa shape index (κ1) is 14.2. The van der Waals surface area contributed by atoms with Crippen LogP contribution in [0, 0.1) is 0 Å². The third kappa shape index (κ3) is 1.98. The highest BCUT2D eigenvalue weighted by Gasteiger charge is 2.55. The van der Waals surface area contributed by atoms with E-state index in [1.165, 1.54) is 11.3 Å². The van der Waals surface area contributed by atoms with Gasteiger partial charge in [0.15, 0.2) is 0 Å². The number of nitrogens with zero attached hydrogens (tertiary/aromatic N) is 2. The topological polar surface area (TPSA) is 57.7 Å². The number of thiophene rings is 1. The molecule has 2 aliphatic heterocycles. The van der Waals surface area contributed by atoms with Crippen molar-refractivity contribution in [3.63, 3.8) is 0 Å². The number of alkyl halides is 1. The van der Waals surface area contributed by atoms with Gasteiger partial charge in [0.25, 0.3) is 17.6 Å². The molecule has 3 rings (SSSR count). The van der Waals surface area contributed by atoms with Crippen LogP contribution in [0.5, 0.6) is 0 Å². The molecule has 1 fully saturated rings. The smallest absolute Gasteiger partial charge is 0.288 e. The molecule has 1 aromatic rings. The lowest BCUT2D eigenvalue weighted by atomic mass is 9.99. The maximum atomic E-state index is 15.3. The van der Waals surface area contributed by atoms with Crippen LogP contribution in [0.2, 0.25) is 0 Å². The first-order chi connectivity index (χ1) is 9.99. The van der Waals surface area contributed by atoms with Crippen molar-refractivity contribution in [3.8, 4) is 0 Å². The molecule has 1 aromatic heterocycles. The number of likely N-dealkylation sites (tertiary alicyclic amines) is 1. The van der Waals surface area contributed by atoms with Crippen molar-refractivity contribution in [2.24, 2.45) is 0 Å². The highest BCUT2D eigenvalue weighted by Crippen LogP contribution is 2.38. The Balaban J connectivity index is 1.91. The fourth-order valence-electron chi connectivity index (χ4n) is 2.84. The summed E-state index contributed by atoms with van der Waals surface area (Å²) in [4.78, 5) is 38.4. The zero-order valence-electron chi connectivity index (χ0n) is 11.6. The molecule has 3 heterocycles. The summed E-state index contributed by atoms with van der Waals surface area (Å²) in [7, 11) is 0. The van der Waals surface area contributed by atoms with E-state index in [-0.39, 0.29) is 31.8 Å². The van der Waals surface area contributed by atoms with Gasteiger partial charge >= 0.3 is 0 Å². The SMILES string of the molecule is CCCN1C(=O)CC[C@@](F)(N2Cc3cscc3C2=O)C1=O. The third-order valence-corrected chi connectivity index (χ3v) is 4.76. The van der Waals surface area contributed by atoms with E-state index < -0.39 is 17.6 Å².